The molecule has 2 N–H and O–H groups in total. The summed E-state index contributed by atoms with van der Waals surface area (Å²) < 4.78 is 0. The first kappa shape index (κ1) is 17.0. The summed E-state index contributed by atoms with van der Waals surface area (Å²) in [5.41, 5.74) is 4.72. The molecule has 0 bridgehead atoms. The molecule has 0 saturated carbocycles. The van der Waals surface area contributed by atoms with Crippen LogP contribution in [0, 0.1) is 13.8 Å². The molecule has 2 aromatic carbocycles. The van der Waals surface area contributed by atoms with Crippen LogP contribution >= 0.6 is 11.6 Å². The minimum absolute atomic E-state index is 0.252. The Morgan fingerprint density at radius 1 is 1.00 bits per heavy atom. The highest BCUT2D eigenvalue weighted by Gasteiger charge is 2.12. The van der Waals surface area contributed by atoms with Crippen LogP contribution in [0.25, 0.3) is 0 Å². The highest BCUT2D eigenvalue weighted by Crippen LogP contribution is 2.28. The molecule has 0 spiro atoms. The number of hydrogen-bond donors (Lipinski definition) is 2. The Balaban J connectivity index is 1.80. The lowest BCUT2D eigenvalue weighted by Gasteiger charge is -2.12. The van der Waals surface area contributed by atoms with Crippen LogP contribution < -0.4 is 10.6 Å². The van der Waals surface area contributed by atoms with Gasteiger partial charge in [0.25, 0.3) is 5.91 Å². The maximum absolute atomic E-state index is 12.6. The van der Waals surface area contributed by atoms with E-state index in [9.17, 15) is 4.79 Å². The first-order valence-corrected chi connectivity index (χ1v) is 8.26. The smallest absolute Gasteiger partial charge is 0.257 e. The Kier molecular flexibility index (Phi) is 5.00. The first-order chi connectivity index (χ1) is 12.0. The zero-order chi connectivity index (χ0) is 17.8. The van der Waals surface area contributed by atoms with Gasteiger partial charge in [0.2, 0.25) is 0 Å². The molecule has 1 aromatic heterocycles. The monoisotopic (exact) mass is 351 g/mol. The zero-order valence-electron chi connectivity index (χ0n) is 14.0. The van der Waals surface area contributed by atoms with Gasteiger partial charge < -0.3 is 10.6 Å². The van der Waals surface area contributed by atoms with Gasteiger partial charge in [0, 0.05) is 11.9 Å². The lowest BCUT2D eigenvalue weighted by molar-refractivity contribution is 0.102. The van der Waals surface area contributed by atoms with Crippen LogP contribution in [0.2, 0.25) is 5.02 Å². The Hall–Kier alpha value is -2.85. The van der Waals surface area contributed by atoms with Crippen molar-refractivity contribution in [3.05, 3.63) is 82.6 Å². The SMILES string of the molecule is Cc1cc(C)c(NC(=O)c2cncc(Nc3ccccc3)c2)c(Cl)c1. The number of carbonyl (C=O) groups excluding carboxylic acids is 1. The minimum atomic E-state index is -0.252. The number of carbonyl (C=O) groups is 1. The Morgan fingerprint density at radius 2 is 1.76 bits per heavy atom. The molecule has 0 aliphatic heterocycles. The van der Waals surface area contributed by atoms with Gasteiger partial charge in [-0.15, -0.1) is 0 Å². The minimum Gasteiger partial charge on any atom is -0.354 e. The molecule has 0 atom stereocenters. The number of rotatable bonds is 4. The number of nitrogens with zero attached hydrogens (tertiary/aromatic N) is 1. The van der Waals surface area contributed by atoms with Gasteiger partial charge in [0.05, 0.1) is 28.2 Å². The third-order valence-electron chi connectivity index (χ3n) is 3.73. The first-order valence-electron chi connectivity index (χ1n) is 7.88. The van der Waals surface area contributed by atoms with Crippen molar-refractivity contribution in [2.75, 3.05) is 10.6 Å². The van der Waals surface area contributed by atoms with E-state index < -0.39 is 0 Å². The molecule has 25 heavy (non-hydrogen) atoms. The molecule has 0 unspecified atom stereocenters. The lowest BCUT2D eigenvalue weighted by Crippen LogP contribution is -2.14. The van der Waals surface area contributed by atoms with Gasteiger partial charge in [-0.3, -0.25) is 9.78 Å². The second kappa shape index (κ2) is 7.36. The van der Waals surface area contributed by atoms with Crippen molar-refractivity contribution in [2.45, 2.75) is 13.8 Å². The highest BCUT2D eigenvalue weighted by molar-refractivity contribution is 6.34. The number of nitrogens with one attached hydrogen (secondary N) is 2. The zero-order valence-corrected chi connectivity index (χ0v) is 14.8. The van der Waals surface area contributed by atoms with Crippen LogP contribution in [0.15, 0.2) is 60.9 Å². The molecular weight excluding hydrogens is 334 g/mol. The predicted octanol–water partition coefficient (Wildman–Crippen LogP) is 5.35. The van der Waals surface area contributed by atoms with Crippen molar-refractivity contribution >= 4 is 34.6 Å². The lowest BCUT2D eigenvalue weighted by atomic mass is 10.1. The van der Waals surface area contributed by atoms with E-state index in [0.717, 1.165) is 22.5 Å². The number of amides is 1. The topological polar surface area (TPSA) is 54.0 Å². The number of aryl methyl sites for hydroxylation is 2. The molecule has 4 nitrogen and oxygen atoms in total. The van der Waals surface area contributed by atoms with E-state index in [4.69, 9.17) is 11.6 Å². The number of aromatic nitrogens is 1. The molecule has 1 amide bonds. The number of pyridine rings is 1. The average Bonchev–Trinajstić information content (AvgIpc) is 2.59. The molecule has 3 aromatic rings. The van der Waals surface area contributed by atoms with Crippen LogP contribution in [0.5, 0.6) is 0 Å². The van der Waals surface area contributed by atoms with Gasteiger partial charge in [0.15, 0.2) is 0 Å². The number of para-hydroxylation sites is 1. The number of anilines is 3. The van der Waals surface area contributed by atoms with Crippen LogP contribution in [-0.4, -0.2) is 10.9 Å². The third-order valence-corrected chi connectivity index (χ3v) is 4.03. The van der Waals surface area contributed by atoms with Gasteiger partial charge in [-0.2, -0.15) is 0 Å². The molecule has 126 valence electrons. The summed E-state index contributed by atoms with van der Waals surface area (Å²) in [5, 5.41) is 6.62. The number of hydrogen-bond acceptors (Lipinski definition) is 3. The van der Waals surface area contributed by atoms with Gasteiger partial charge in [0.1, 0.15) is 0 Å². The standard InChI is InChI=1S/C20H18ClN3O/c1-13-8-14(2)19(18(21)9-13)24-20(25)15-10-17(12-22-11-15)23-16-6-4-3-5-7-16/h3-12,23H,1-2H3,(H,24,25). The second-order valence-corrected chi connectivity index (χ2v) is 6.25. The Bertz CT molecular complexity index is 887. The van der Waals surface area contributed by atoms with Gasteiger partial charge in [-0.25, -0.2) is 0 Å². The number of halogens is 1. The molecule has 0 aliphatic rings. The van der Waals surface area contributed by atoms with E-state index in [1.165, 1.54) is 6.20 Å². The molecule has 0 saturated heterocycles. The van der Waals surface area contributed by atoms with E-state index in [1.807, 2.05) is 56.3 Å². The molecule has 3 rings (SSSR count). The van der Waals surface area contributed by atoms with Crippen molar-refractivity contribution in [2.24, 2.45) is 0 Å². The van der Waals surface area contributed by atoms with Crippen molar-refractivity contribution < 1.29 is 4.79 Å². The van der Waals surface area contributed by atoms with Crippen molar-refractivity contribution in [1.29, 1.82) is 0 Å². The van der Waals surface area contributed by atoms with E-state index in [-0.39, 0.29) is 5.91 Å². The Morgan fingerprint density at radius 3 is 2.48 bits per heavy atom. The summed E-state index contributed by atoms with van der Waals surface area (Å²) in [6.07, 6.45) is 3.21. The maximum Gasteiger partial charge on any atom is 0.257 e. The summed E-state index contributed by atoms with van der Waals surface area (Å²) in [6.45, 7) is 3.88. The van der Waals surface area contributed by atoms with E-state index in [0.29, 0.717) is 16.3 Å². The van der Waals surface area contributed by atoms with E-state index in [2.05, 4.69) is 15.6 Å². The average molecular weight is 352 g/mol. The molecule has 5 heteroatoms. The largest absolute Gasteiger partial charge is 0.354 e. The summed E-state index contributed by atoms with van der Waals surface area (Å²) >= 11 is 6.26. The van der Waals surface area contributed by atoms with Crippen molar-refractivity contribution in [1.82, 2.24) is 4.98 Å². The summed E-state index contributed by atoms with van der Waals surface area (Å²) in [4.78, 5) is 16.7. The molecule has 0 radical (unpaired) electrons. The van der Waals surface area contributed by atoms with Crippen LogP contribution in [0.3, 0.4) is 0 Å². The van der Waals surface area contributed by atoms with Crippen molar-refractivity contribution in [3.8, 4) is 0 Å². The van der Waals surface area contributed by atoms with Gasteiger partial charge >= 0.3 is 0 Å². The quantitative estimate of drug-likeness (QED) is 0.666. The van der Waals surface area contributed by atoms with Crippen LogP contribution in [0.1, 0.15) is 21.5 Å². The fraction of sp³-hybridized carbons (Fsp3) is 0.100. The molecular formula is C20H18ClN3O. The third kappa shape index (κ3) is 4.17. The predicted molar refractivity (Wildman–Crippen MR) is 103 cm³/mol. The van der Waals surface area contributed by atoms with Gasteiger partial charge in [-0.05, 0) is 49.2 Å². The van der Waals surface area contributed by atoms with Crippen LogP contribution in [0.4, 0.5) is 17.1 Å². The maximum atomic E-state index is 12.6. The Labute approximate surface area is 151 Å². The van der Waals surface area contributed by atoms with Gasteiger partial charge in [-0.1, -0.05) is 35.9 Å². The molecule has 0 aliphatic carbocycles. The number of benzene rings is 2. The summed E-state index contributed by atoms with van der Waals surface area (Å²) in [6, 6.07) is 15.3. The summed E-state index contributed by atoms with van der Waals surface area (Å²) in [5.74, 6) is -0.252. The fourth-order valence-electron chi connectivity index (χ4n) is 2.58. The van der Waals surface area contributed by atoms with Crippen molar-refractivity contribution in [3.63, 3.8) is 0 Å². The molecule has 0 fully saturated rings. The summed E-state index contributed by atoms with van der Waals surface area (Å²) in [7, 11) is 0. The van der Waals surface area contributed by atoms with E-state index in [1.54, 1.807) is 12.3 Å². The normalized spacial score (nSPS) is 10.4. The second-order valence-electron chi connectivity index (χ2n) is 5.85. The fourth-order valence-corrected chi connectivity index (χ4v) is 2.95. The van der Waals surface area contributed by atoms with Crippen LogP contribution in [-0.2, 0) is 0 Å². The molecule has 1 heterocycles. The highest BCUT2D eigenvalue weighted by atomic mass is 35.5. The van der Waals surface area contributed by atoms with E-state index >= 15 is 0 Å².